The first kappa shape index (κ1) is 20.8. The standard InChI is InChI=1S/C23H35N3O2/c1-17-8-7-9-18(2)26(17)23(28)19(3)25-14-12-21(13-15-25)22(27)24-16-20-10-5-4-6-11-20/h4-6,10-11,17-19,21H,7-9,12-16H2,1-3H3,(H,24,27)/t17-,18-,19+/m0/s1. The van der Waals surface area contributed by atoms with Crippen LogP contribution in [-0.2, 0) is 16.1 Å². The molecular formula is C23H35N3O2. The van der Waals surface area contributed by atoms with E-state index in [-0.39, 0.29) is 23.8 Å². The minimum atomic E-state index is -0.101. The van der Waals surface area contributed by atoms with Gasteiger partial charge in [0.15, 0.2) is 0 Å². The molecule has 28 heavy (non-hydrogen) atoms. The summed E-state index contributed by atoms with van der Waals surface area (Å²) >= 11 is 0. The molecule has 1 aromatic carbocycles. The molecule has 2 fully saturated rings. The predicted octanol–water partition coefficient (Wildman–Crippen LogP) is 3.19. The fraction of sp³-hybridized carbons (Fsp3) is 0.652. The molecule has 154 valence electrons. The number of rotatable bonds is 5. The van der Waals surface area contributed by atoms with Crippen LogP contribution in [0.15, 0.2) is 30.3 Å². The van der Waals surface area contributed by atoms with E-state index in [0.29, 0.717) is 18.6 Å². The molecule has 0 aromatic heterocycles. The lowest BCUT2D eigenvalue weighted by Gasteiger charge is -2.43. The Morgan fingerprint density at radius 3 is 2.25 bits per heavy atom. The van der Waals surface area contributed by atoms with Crippen LogP contribution in [-0.4, -0.2) is 52.8 Å². The zero-order valence-corrected chi connectivity index (χ0v) is 17.6. The van der Waals surface area contributed by atoms with Crippen LogP contribution in [0.4, 0.5) is 0 Å². The van der Waals surface area contributed by atoms with Gasteiger partial charge in [-0.3, -0.25) is 14.5 Å². The molecular weight excluding hydrogens is 350 g/mol. The molecule has 2 heterocycles. The summed E-state index contributed by atoms with van der Waals surface area (Å²) in [6.07, 6.45) is 5.07. The first-order chi connectivity index (χ1) is 13.5. The predicted molar refractivity (Wildman–Crippen MR) is 112 cm³/mol. The quantitative estimate of drug-likeness (QED) is 0.847. The molecule has 0 bridgehead atoms. The number of carbonyl (C=O) groups is 2. The molecule has 3 rings (SSSR count). The summed E-state index contributed by atoms with van der Waals surface area (Å²) in [5.74, 6) is 0.447. The molecule has 5 nitrogen and oxygen atoms in total. The van der Waals surface area contributed by atoms with Gasteiger partial charge in [-0.1, -0.05) is 30.3 Å². The van der Waals surface area contributed by atoms with Crippen LogP contribution >= 0.6 is 0 Å². The van der Waals surface area contributed by atoms with Crippen molar-refractivity contribution in [1.82, 2.24) is 15.1 Å². The van der Waals surface area contributed by atoms with E-state index in [2.05, 4.69) is 29.0 Å². The Bertz CT molecular complexity index is 645. The lowest BCUT2D eigenvalue weighted by Crippen LogP contribution is -2.56. The summed E-state index contributed by atoms with van der Waals surface area (Å²) in [6, 6.07) is 10.6. The molecule has 1 aromatic rings. The second-order valence-corrected chi connectivity index (χ2v) is 8.56. The topological polar surface area (TPSA) is 52.7 Å². The average Bonchev–Trinajstić information content (AvgIpc) is 2.72. The van der Waals surface area contributed by atoms with Crippen LogP contribution in [0.1, 0.15) is 58.4 Å². The summed E-state index contributed by atoms with van der Waals surface area (Å²) in [4.78, 5) is 30.0. The van der Waals surface area contributed by atoms with Gasteiger partial charge in [0.2, 0.25) is 11.8 Å². The van der Waals surface area contributed by atoms with Crippen molar-refractivity contribution in [3.8, 4) is 0 Å². The molecule has 0 spiro atoms. The normalized spacial score (nSPS) is 25.3. The van der Waals surface area contributed by atoms with E-state index >= 15 is 0 Å². The zero-order valence-electron chi connectivity index (χ0n) is 17.6. The van der Waals surface area contributed by atoms with Crippen molar-refractivity contribution in [1.29, 1.82) is 0 Å². The fourth-order valence-corrected chi connectivity index (χ4v) is 4.71. The van der Waals surface area contributed by atoms with Gasteiger partial charge in [-0.15, -0.1) is 0 Å². The molecule has 0 radical (unpaired) electrons. The summed E-state index contributed by atoms with van der Waals surface area (Å²) in [7, 11) is 0. The highest BCUT2D eigenvalue weighted by atomic mass is 16.2. The van der Waals surface area contributed by atoms with Crippen molar-refractivity contribution >= 4 is 11.8 Å². The van der Waals surface area contributed by atoms with E-state index in [1.165, 1.54) is 6.42 Å². The zero-order chi connectivity index (χ0) is 20.1. The Morgan fingerprint density at radius 1 is 1.04 bits per heavy atom. The lowest BCUT2D eigenvalue weighted by molar-refractivity contribution is -0.143. The highest BCUT2D eigenvalue weighted by molar-refractivity contribution is 5.82. The van der Waals surface area contributed by atoms with Gasteiger partial charge in [-0.05, 0) is 71.5 Å². The SMILES string of the molecule is C[C@H](C(=O)N1[C@@H](C)CCC[C@@H]1C)N1CCC(C(=O)NCc2ccccc2)CC1. The smallest absolute Gasteiger partial charge is 0.240 e. The van der Waals surface area contributed by atoms with Gasteiger partial charge in [-0.2, -0.15) is 0 Å². The van der Waals surface area contributed by atoms with Crippen molar-refractivity contribution in [3.63, 3.8) is 0 Å². The highest BCUT2D eigenvalue weighted by Gasteiger charge is 2.35. The molecule has 0 saturated carbocycles. The van der Waals surface area contributed by atoms with Crippen molar-refractivity contribution in [3.05, 3.63) is 35.9 Å². The maximum absolute atomic E-state index is 13.1. The maximum Gasteiger partial charge on any atom is 0.240 e. The van der Waals surface area contributed by atoms with E-state index in [9.17, 15) is 9.59 Å². The first-order valence-corrected chi connectivity index (χ1v) is 10.8. The Balaban J connectivity index is 1.47. The summed E-state index contributed by atoms with van der Waals surface area (Å²) in [6.45, 7) is 8.58. The van der Waals surface area contributed by atoms with E-state index in [1.807, 2.05) is 37.3 Å². The average molecular weight is 386 g/mol. The lowest BCUT2D eigenvalue weighted by atomic mass is 9.93. The number of carbonyl (C=O) groups excluding carboxylic acids is 2. The van der Waals surface area contributed by atoms with Crippen molar-refractivity contribution in [2.45, 2.75) is 77.5 Å². The number of likely N-dealkylation sites (tertiary alicyclic amines) is 2. The third-order valence-electron chi connectivity index (χ3n) is 6.56. The van der Waals surface area contributed by atoms with Gasteiger partial charge in [0.25, 0.3) is 0 Å². The van der Waals surface area contributed by atoms with Crippen molar-refractivity contribution in [2.75, 3.05) is 13.1 Å². The monoisotopic (exact) mass is 385 g/mol. The second-order valence-electron chi connectivity index (χ2n) is 8.56. The van der Waals surface area contributed by atoms with Gasteiger partial charge in [-0.25, -0.2) is 0 Å². The molecule has 0 unspecified atom stereocenters. The summed E-state index contributed by atoms with van der Waals surface area (Å²) in [5, 5.41) is 3.07. The molecule has 3 atom stereocenters. The highest BCUT2D eigenvalue weighted by Crippen LogP contribution is 2.26. The first-order valence-electron chi connectivity index (χ1n) is 10.8. The van der Waals surface area contributed by atoms with Gasteiger partial charge in [0.1, 0.15) is 0 Å². The van der Waals surface area contributed by atoms with Gasteiger partial charge < -0.3 is 10.2 Å². The van der Waals surface area contributed by atoms with Crippen LogP contribution in [0.5, 0.6) is 0 Å². The maximum atomic E-state index is 13.1. The number of benzene rings is 1. The molecule has 0 aliphatic carbocycles. The van der Waals surface area contributed by atoms with Crippen LogP contribution in [0.25, 0.3) is 0 Å². The fourth-order valence-electron chi connectivity index (χ4n) is 4.71. The van der Waals surface area contributed by atoms with Crippen LogP contribution in [0.3, 0.4) is 0 Å². The Labute approximate surface area is 169 Å². The Kier molecular flexibility index (Phi) is 7.11. The summed E-state index contributed by atoms with van der Waals surface area (Å²) in [5.41, 5.74) is 1.12. The largest absolute Gasteiger partial charge is 0.352 e. The molecule has 5 heteroatoms. The molecule has 1 N–H and O–H groups in total. The van der Waals surface area contributed by atoms with E-state index in [4.69, 9.17) is 0 Å². The number of nitrogens with one attached hydrogen (secondary N) is 1. The number of nitrogens with zero attached hydrogens (tertiary/aromatic N) is 2. The minimum Gasteiger partial charge on any atom is -0.352 e. The third kappa shape index (κ3) is 4.93. The van der Waals surface area contributed by atoms with Crippen molar-refractivity contribution in [2.24, 2.45) is 5.92 Å². The Morgan fingerprint density at radius 2 is 1.64 bits per heavy atom. The van der Waals surface area contributed by atoms with E-state index in [1.54, 1.807) is 0 Å². The van der Waals surface area contributed by atoms with Crippen LogP contribution < -0.4 is 5.32 Å². The number of piperidine rings is 2. The van der Waals surface area contributed by atoms with Gasteiger partial charge in [0.05, 0.1) is 6.04 Å². The molecule has 2 saturated heterocycles. The number of hydrogen-bond acceptors (Lipinski definition) is 3. The van der Waals surface area contributed by atoms with Crippen LogP contribution in [0.2, 0.25) is 0 Å². The molecule has 2 aliphatic heterocycles. The number of amides is 2. The summed E-state index contributed by atoms with van der Waals surface area (Å²) < 4.78 is 0. The molecule has 2 amide bonds. The molecule has 2 aliphatic rings. The van der Waals surface area contributed by atoms with Gasteiger partial charge >= 0.3 is 0 Å². The second kappa shape index (κ2) is 9.55. The van der Waals surface area contributed by atoms with Crippen molar-refractivity contribution < 1.29 is 9.59 Å². The van der Waals surface area contributed by atoms with Gasteiger partial charge in [0, 0.05) is 24.5 Å². The van der Waals surface area contributed by atoms with E-state index < -0.39 is 0 Å². The van der Waals surface area contributed by atoms with E-state index in [0.717, 1.165) is 44.3 Å². The minimum absolute atomic E-state index is 0.0510. The van der Waals surface area contributed by atoms with Crippen LogP contribution in [0, 0.1) is 5.92 Å². The Hall–Kier alpha value is -1.88. The number of hydrogen-bond donors (Lipinski definition) is 1. The third-order valence-corrected chi connectivity index (χ3v) is 6.56.